The van der Waals surface area contributed by atoms with E-state index in [4.69, 9.17) is 0 Å². The normalized spacial score (nSPS) is 24.0. The molecule has 1 amide bonds. The zero-order valence-corrected chi connectivity index (χ0v) is 20.6. The van der Waals surface area contributed by atoms with E-state index >= 15 is 0 Å². The van der Waals surface area contributed by atoms with Crippen LogP contribution in [0.1, 0.15) is 48.3 Å². The standard InChI is InChI=1S/C29H32N4O3/c1-3-8-22-12-13-24-27-26(28(35)31-19(2)21-10-5-4-6-11-21)23(18-34)25(17-33(24)29(22)36)32(27)16-20-9-7-14-30-15-20/h3-15,19,23,25-27,34H,16-18H2,1-2H3,(H,31,35)/b8-3+/t19-,23+,25+,26-,27-/m0/s1. The van der Waals surface area contributed by atoms with Crippen LogP contribution in [-0.2, 0) is 17.9 Å². The largest absolute Gasteiger partial charge is 0.396 e. The van der Waals surface area contributed by atoms with Crippen LogP contribution in [0.15, 0.2) is 77.9 Å². The van der Waals surface area contributed by atoms with E-state index in [1.807, 2.05) is 86.8 Å². The van der Waals surface area contributed by atoms with Gasteiger partial charge < -0.3 is 15.0 Å². The van der Waals surface area contributed by atoms with Crippen LogP contribution < -0.4 is 10.9 Å². The average molecular weight is 485 g/mol. The molecule has 36 heavy (non-hydrogen) atoms. The van der Waals surface area contributed by atoms with Crippen molar-refractivity contribution in [3.05, 3.63) is 106 Å². The molecule has 0 saturated carbocycles. The summed E-state index contributed by atoms with van der Waals surface area (Å²) in [5, 5.41) is 13.7. The Bertz CT molecular complexity index is 1310. The van der Waals surface area contributed by atoms with Gasteiger partial charge in [-0.1, -0.05) is 48.6 Å². The van der Waals surface area contributed by atoms with E-state index in [0.29, 0.717) is 18.7 Å². The molecule has 5 atom stereocenters. The van der Waals surface area contributed by atoms with Gasteiger partial charge in [0.2, 0.25) is 5.91 Å². The summed E-state index contributed by atoms with van der Waals surface area (Å²) in [4.78, 5) is 33.7. The number of fused-ring (bicyclic) bond motifs is 4. The molecule has 0 spiro atoms. The maximum absolute atomic E-state index is 13.8. The minimum atomic E-state index is -0.497. The van der Waals surface area contributed by atoms with Crippen LogP contribution in [0.4, 0.5) is 0 Å². The molecule has 2 aliphatic heterocycles. The molecule has 7 heteroatoms. The number of amides is 1. The number of benzene rings is 1. The number of hydrogen-bond acceptors (Lipinski definition) is 5. The van der Waals surface area contributed by atoms with Gasteiger partial charge in [-0.3, -0.25) is 19.5 Å². The summed E-state index contributed by atoms with van der Waals surface area (Å²) in [7, 11) is 0. The van der Waals surface area contributed by atoms with Crippen molar-refractivity contribution < 1.29 is 9.90 Å². The van der Waals surface area contributed by atoms with E-state index in [1.165, 1.54) is 0 Å². The fraction of sp³-hybridized carbons (Fsp3) is 0.345. The van der Waals surface area contributed by atoms with Crippen molar-refractivity contribution >= 4 is 12.0 Å². The van der Waals surface area contributed by atoms with Crippen LogP contribution in [0.2, 0.25) is 0 Å². The molecule has 186 valence electrons. The molecular weight excluding hydrogens is 452 g/mol. The smallest absolute Gasteiger partial charge is 0.258 e. The summed E-state index contributed by atoms with van der Waals surface area (Å²) >= 11 is 0. The van der Waals surface area contributed by atoms with Gasteiger partial charge in [0.25, 0.3) is 5.56 Å². The summed E-state index contributed by atoms with van der Waals surface area (Å²) in [6.45, 7) is 4.74. The molecule has 0 unspecified atom stereocenters. The maximum Gasteiger partial charge on any atom is 0.258 e. The highest BCUT2D eigenvalue weighted by Crippen LogP contribution is 2.49. The molecule has 5 rings (SSSR count). The fourth-order valence-corrected chi connectivity index (χ4v) is 5.90. The van der Waals surface area contributed by atoms with Crippen LogP contribution in [0.25, 0.3) is 6.08 Å². The first-order valence-electron chi connectivity index (χ1n) is 12.5. The first-order valence-corrected chi connectivity index (χ1v) is 12.5. The number of aliphatic hydroxyl groups is 1. The van der Waals surface area contributed by atoms with Crippen molar-refractivity contribution in [3.63, 3.8) is 0 Å². The Labute approximate surface area is 211 Å². The predicted octanol–water partition coefficient (Wildman–Crippen LogP) is 3.32. The Morgan fingerprint density at radius 1 is 1.19 bits per heavy atom. The van der Waals surface area contributed by atoms with Gasteiger partial charge in [0.05, 0.1) is 18.0 Å². The Hall–Kier alpha value is -3.55. The highest BCUT2D eigenvalue weighted by molar-refractivity contribution is 5.81. The molecular formula is C29H32N4O3. The van der Waals surface area contributed by atoms with Gasteiger partial charge in [0.15, 0.2) is 0 Å². The molecule has 2 N–H and O–H groups in total. The number of aromatic nitrogens is 2. The maximum atomic E-state index is 13.8. The Morgan fingerprint density at radius 2 is 2.00 bits per heavy atom. The third-order valence-electron chi connectivity index (χ3n) is 7.60. The Balaban J connectivity index is 1.55. The third-order valence-corrected chi connectivity index (χ3v) is 7.60. The van der Waals surface area contributed by atoms with E-state index in [-0.39, 0.29) is 42.1 Å². The van der Waals surface area contributed by atoms with Crippen LogP contribution in [0.3, 0.4) is 0 Å². The Morgan fingerprint density at radius 3 is 2.69 bits per heavy atom. The van der Waals surface area contributed by atoms with Crippen LogP contribution in [0.5, 0.6) is 0 Å². The molecule has 4 heterocycles. The summed E-state index contributed by atoms with van der Waals surface area (Å²) in [6, 6.07) is 16.9. The zero-order chi connectivity index (χ0) is 25.2. The van der Waals surface area contributed by atoms with Gasteiger partial charge in [0.1, 0.15) is 0 Å². The van der Waals surface area contributed by atoms with Gasteiger partial charge in [-0.15, -0.1) is 0 Å². The number of nitrogens with one attached hydrogen (secondary N) is 1. The Kier molecular flexibility index (Phi) is 6.85. The number of hydrogen-bond donors (Lipinski definition) is 2. The summed E-state index contributed by atoms with van der Waals surface area (Å²) in [6.07, 6.45) is 7.24. The van der Waals surface area contributed by atoms with Crippen LogP contribution in [-0.4, -0.2) is 38.1 Å². The van der Waals surface area contributed by atoms with Gasteiger partial charge in [0, 0.05) is 55.3 Å². The number of pyridine rings is 2. The number of allylic oxidation sites excluding steroid dienone is 1. The van der Waals surface area contributed by atoms with Gasteiger partial charge in [-0.2, -0.15) is 0 Å². The highest BCUT2D eigenvalue weighted by atomic mass is 16.3. The first kappa shape index (κ1) is 24.2. The number of carbonyl (C=O) groups is 1. The van der Waals surface area contributed by atoms with E-state index in [1.54, 1.807) is 10.8 Å². The number of rotatable bonds is 7. The topological polar surface area (TPSA) is 87.5 Å². The van der Waals surface area contributed by atoms with E-state index in [0.717, 1.165) is 16.8 Å². The van der Waals surface area contributed by atoms with Crippen LogP contribution >= 0.6 is 0 Å². The van der Waals surface area contributed by atoms with Crippen molar-refractivity contribution in [2.45, 2.75) is 45.1 Å². The van der Waals surface area contributed by atoms with Crippen molar-refractivity contribution in [3.8, 4) is 0 Å². The van der Waals surface area contributed by atoms with Crippen molar-refractivity contribution in [1.82, 2.24) is 19.8 Å². The zero-order valence-electron chi connectivity index (χ0n) is 20.6. The molecule has 1 aromatic carbocycles. The summed E-state index contributed by atoms with van der Waals surface area (Å²) in [5.41, 5.74) is 3.44. The highest BCUT2D eigenvalue weighted by Gasteiger charge is 2.55. The SMILES string of the molecule is C/C=C/c1ccc2n(c1=O)C[C@@H]1[C@@H](CO)[C@H](C(=O)N[C@@H](C)c3ccccc3)[C@H]2N1Cc1cccnc1. The lowest BCUT2D eigenvalue weighted by atomic mass is 9.86. The van der Waals surface area contributed by atoms with Gasteiger partial charge >= 0.3 is 0 Å². The number of aliphatic hydroxyl groups excluding tert-OH is 1. The number of nitrogens with zero attached hydrogens (tertiary/aromatic N) is 3. The lowest BCUT2D eigenvalue weighted by Gasteiger charge is -2.38. The minimum absolute atomic E-state index is 0.0583. The predicted molar refractivity (Wildman–Crippen MR) is 139 cm³/mol. The monoisotopic (exact) mass is 484 g/mol. The molecule has 3 aromatic rings. The fourth-order valence-electron chi connectivity index (χ4n) is 5.90. The molecule has 0 aliphatic carbocycles. The molecule has 2 aromatic heterocycles. The lowest BCUT2D eigenvalue weighted by Crippen LogP contribution is -2.46. The van der Waals surface area contributed by atoms with Crippen molar-refractivity contribution in [1.29, 1.82) is 0 Å². The third kappa shape index (κ3) is 4.29. The molecule has 1 fully saturated rings. The summed E-state index contributed by atoms with van der Waals surface area (Å²) in [5.74, 6) is -0.907. The molecule has 2 aliphatic rings. The van der Waals surface area contributed by atoms with E-state index in [2.05, 4.69) is 15.2 Å². The molecule has 7 nitrogen and oxygen atoms in total. The average Bonchev–Trinajstić information content (AvgIpc) is 3.10. The van der Waals surface area contributed by atoms with Gasteiger partial charge in [-0.05, 0) is 43.2 Å². The van der Waals surface area contributed by atoms with Crippen molar-refractivity contribution in [2.75, 3.05) is 6.61 Å². The second kappa shape index (κ2) is 10.2. The molecule has 2 bridgehead atoms. The molecule has 1 saturated heterocycles. The number of carbonyl (C=O) groups excluding carboxylic acids is 1. The summed E-state index contributed by atoms with van der Waals surface area (Å²) < 4.78 is 1.81. The molecule has 0 radical (unpaired) electrons. The van der Waals surface area contributed by atoms with E-state index in [9.17, 15) is 14.7 Å². The quantitative estimate of drug-likeness (QED) is 0.537. The minimum Gasteiger partial charge on any atom is -0.396 e. The van der Waals surface area contributed by atoms with Gasteiger partial charge in [-0.25, -0.2) is 0 Å². The van der Waals surface area contributed by atoms with Crippen LogP contribution in [0, 0.1) is 11.8 Å². The first-order chi connectivity index (χ1) is 17.5. The van der Waals surface area contributed by atoms with Crippen molar-refractivity contribution in [2.24, 2.45) is 11.8 Å². The second-order valence-electron chi connectivity index (χ2n) is 9.69. The lowest BCUT2D eigenvalue weighted by molar-refractivity contribution is -0.128. The second-order valence-corrected chi connectivity index (χ2v) is 9.69. The van der Waals surface area contributed by atoms with E-state index < -0.39 is 5.92 Å².